The maximum atomic E-state index is 13.7. The number of fused-ring (bicyclic) bond motifs is 1. The van der Waals surface area contributed by atoms with Gasteiger partial charge in [0, 0.05) is 79.2 Å². The van der Waals surface area contributed by atoms with Gasteiger partial charge in [0.1, 0.15) is 99.5 Å². The normalized spacial score (nSPS) is 11.9. The third-order valence-corrected chi connectivity index (χ3v) is 19.3. The second-order valence-corrected chi connectivity index (χ2v) is 29.6. The predicted octanol–water partition coefficient (Wildman–Crippen LogP) is 26.8. The van der Waals surface area contributed by atoms with Crippen molar-refractivity contribution in [3.05, 3.63) is 417 Å². The van der Waals surface area contributed by atoms with E-state index in [-0.39, 0.29) is 107 Å². The summed E-state index contributed by atoms with van der Waals surface area (Å²) in [5, 5.41) is 25.1. The van der Waals surface area contributed by atoms with Crippen molar-refractivity contribution in [2.24, 2.45) is 0 Å². The van der Waals surface area contributed by atoms with Gasteiger partial charge >= 0.3 is 11.9 Å². The number of carbonyl (C=O) groups excluding carboxylic acids is 2. The predicted molar refractivity (Wildman–Crippen MR) is 471 cm³/mol. The third-order valence-electron chi connectivity index (χ3n) is 17.7. The van der Waals surface area contributed by atoms with Crippen molar-refractivity contribution >= 4 is 80.6 Å². The molecule has 0 spiro atoms. The van der Waals surface area contributed by atoms with Crippen LogP contribution >= 0.6 is 50.7 Å². The molecule has 12 aromatic rings. The van der Waals surface area contributed by atoms with E-state index in [1.54, 1.807) is 127 Å². The van der Waals surface area contributed by atoms with E-state index in [0.29, 0.717) is 76.2 Å². The molecule has 12 aromatic carbocycles. The second kappa shape index (κ2) is 57.0. The van der Waals surface area contributed by atoms with E-state index in [9.17, 15) is 67.5 Å². The van der Waals surface area contributed by atoms with Crippen molar-refractivity contribution in [3.63, 3.8) is 0 Å². The number of carbonyl (C=O) groups is 4. The van der Waals surface area contributed by atoms with Crippen molar-refractivity contribution in [1.29, 1.82) is 0 Å². The van der Waals surface area contributed by atoms with E-state index in [0.717, 1.165) is 77.3 Å². The number of hydrogen-bond acceptors (Lipinski definition) is 8. The Hall–Kier alpha value is -11.6. The molecule has 125 heavy (non-hydrogen) atoms. The molecule has 4 unspecified atom stereocenters. The zero-order valence-electron chi connectivity index (χ0n) is 67.8. The number of carboxylic acid groups (broad SMARTS) is 2. The van der Waals surface area contributed by atoms with Gasteiger partial charge in [-0.2, -0.15) is 0 Å². The summed E-state index contributed by atoms with van der Waals surface area (Å²) < 4.78 is 160. The summed E-state index contributed by atoms with van der Waals surface area (Å²) in [5.41, 5.74) is 6.88. The molecule has 1 aliphatic heterocycles. The lowest BCUT2D eigenvalue weighted by Crippen LogP contribution is -2.32. The van der Waals surface area contributed by atoms with Crippen LogP contribution in [-0.4, -0.2) is 74.8 Å². The number of aliphatic hydroxyl groups is 1. The van der Waals surface area contributed by atoms with Crippen LogP contribution in [0.4, 0.5) is 48.3 Å². The number of carboxylic acids is 2. The van der Waals surface area contributed by atoms with Gasteiger partial charge in [-0.1, -0.05) is 157 Å². The fourth-order valence-corrected chi connectivity index (χ4v) is 13.1. The van der Waals surface area contributed by atoms with Gasteiger partial charge in [0.15, 0.2) is 0 Å². The van der Waals surface area contributed by atoms with Crippen molar-refractivity contribution in [2.75, 3.05) is 30.8 Å². The van der Waals surface area contributed by atoms with Gasteiger partial charge in [-0.25, -0.2) is 53.1 Å². The number of hydrogen-bond donors (Lipinski definition) is 3. The lowest BCUT2D eigenvalue weighted by Gasteiger charge is -2.22. The van der Waals surface area contributed by atoms with E-state index in [2.05, 4.69) is 15.9 Å². The highest BCUT2D eigenvalue weighted by atomic mass is 79.9. The van der Waals surface area contributed by atoms with E-state index in [1.165, 1.54) is 146 Å². The monoisotopic (exact) mass is 1850 g/mol. The number of nitrogens with zero attached hydrogens (tertiary/aromatic N) is 1. The van der Waals surface area contributed by atoms with Crippen LogP contribution in [0.3, 0.4) is 0 Å². The van der Waals surface area contributed by atoms with Crippen LogP contribution in [0.15, 0.2) is 297 Å². The number of benzene rings is 12. The van der Waals surface area contributed by atoms with E-state index in [1.807, 2.05) is 31.2 Å². The summed E-state index contributed by atoms with van der Waals surface area (Å²) in [6, 6.07) is 73.8. The number of amides is 2. The molecular weight excluding hydrogens is 1760 g/mol. The summed E-state index contributed by atoms with van der Waals surface area (Å²) in [5.74, 6) is -3.42. The Morgan fingerprint density at radius 2 is 0.720 bits per heavy atom. The summed E-state index contributed by atoms with van der Waals surface area (Å²) in [7, 11) is 0. The Morgan fingerprint density at radius 3 is 1.07 bits per heavy atom. The molecule has 2 amide bonds. The minimum absolute atomic E-state index is 0.0451. The molecule has 0 bridgehead atoms. The quantitative estimate of drug-likeness (QED) is 0.0171. The lowest BCUT2D eigenvalue weighted by atomic mass is 10.0. The Kier molecular flexibility index (Phi) is 46.6. The van der Waals surface area contributed by atoms with Crippen LogP contribution in [0.5, 0.6) is 17.2 Å². The molecule has 1 heterocycles. The smallest absolute Gasteiger partial charge is 0.328 e. The average molecular weight is 1850 g/mol. The van der Waals surface area contributed by atoms with Crippen molar-refractivity contribution in [1.82, 2.24) is 4.90 Å². The average Bonchev–Trinajstić information content (AvgIpc) is 1.64. The molecule has 11 nitrogen and oxygen atoms in total. The van der Waals surface area contributed by atoms with E-state index in [4.69, 9.17) is 64.3 Å². The fourth-order valence-electron chi connectivity index (χ4n) is 11.8. The molecule has 4 atom stereocenters. The summed E-state index contributed by atoms with van der Waals surface area (Å²) in [4.78, 5) is 46.7. The molecule has 0 aromatic heterocycles. The molecule has 0 saturated heterocycles. The number of aryl methyl sites for hydroxylation is 3. The van der Waals surface area contributed by atoms with Crippen molar-refractivity contribution in [2.45, 2.75) is 101 Å². The summed E-state index contributed by atoms with van der Waals surface area (Å²) in [6.45, 7) is 2.28. The van der Waals surface area contributed by atoms with Gasteiger partial charge in [0.05, 0.1) is 11.1 Å². The zero-order valence-corrected chi connectivity index (χ0v) is 71.7. The van der Waals surface area contributed by atoms with Crippen LogP contribution < -0.4 is 14.2 Å². The molecule has 0 radical (unpaired) electrons. The van der Waals surface area contributed by atoms with Crippen LogP contribution in [0, 0.1) is 64.0 Å². The van der Waals surface area contributed by atoms with Gasteiger partial charge in [0.25, 0.3) is 11.8 Å². The first kappa shape index (κ1) is 102. The molecule has 1 aliphatic rings. The zero-order chi connectivity index (χ0) is 90.8. The van der Waals surface area contributed by atoms with E-state index >= 15 is 0 Å². The van der Waals surface area contributed by atoms with Crippen molar-refractivity contribution < 1.29 is 97.0 Å². The number of aliphatic hydroxyl groups excluding tert-OH is 1. The topological polar surface area (TPSA) is 160 Å². The van der Waals surface area contributed by atoms with Crippen molar-refractivity contribution in [3.8, 4) is 17.2 Å². The molecule has 13 rings (SSSR count). The van der Waals surface area contributed by atoms with Crippen LogP contribution in [0.25, 0.3) is 6.08 Å². The third kappa shape index (κ3) is 39.9. The molecule has 0 fully saturated rings. The number of ether oxygens (including phenoxy) is 3. The Balaban J connectivity index is 0.000000227. The second-order valence-electron chi connectivity index (χ2n) is 27.3. The highest BCUT2D eigenvalue weighted by molar-refractivity contribution is 9.09. The maximum absolute atomic E-state index is 13.7. The Bertz CT molecular complexity index is 5150. The van der Waals surface area contributed by atoms with Gasteiger partial charge < -0.3 is 29.5 Å². The summed E-state index contributed by atoms with van der Waals surface area (Å²) in [6.07, 6.45) is 7.82. The first-order chi connectivity index (χ1) is 60.1. The maximum Gasteiger partial charge on any atom is 0.328 e. The van der Waals surface area contributed by atoms with Crippen LogP contribution in [0.1, 0.15) is 147 Å². The van der Waals surface area contributed by atoms with Crippen LogP contribution in [-0.2, 0) is 28.9 Å². The highest BCUT2D eigenvalue weighted by Gasteiger charge is 2.35. The molecule has 3 N–H and O–H groups in total. The highest BCUT2D eigenvalue weighted by Crippen LogP contribution is 2.33. The van der Waals surface area contributed by atoms with Gasteiger partial charge in [-0.3, -0.25) is 19.3 Å². The largest absolute Gasteiger partial charge is 0.486 e. The number of rotatable bonds is 30. The molecular formula is C99H92BrCl3F11NO10. The van der Waals surface area contributed by atoms with Gasteiger partial charge in [-0.15, -0.1) is 34.8 Å². The van der Waals surface area contributed by atoms with Gasteiger partial charge in [-0.05, 0) is 241 Å². The number of aliphatic carboxylic acids is 2. The molecule has 0 saturated carbocycles. The standard InChI is InChI=1S/C23H17F2NO3.C16H16F2O.C15H13ClF2O.C9H9BrClF.C9H10ClF.C9H9FO2.C9H7FO2.C9H11FO/c24-16-6-3-5-15(13-16)21(29-18-8-4-7-17(25)14-18)11-12-26-22(27)19-9-1-2-10-20(19)23(26)28;1-2-5-16(12-6-3-7-13(17)10-12)19-15-9-4-8-14(18)11-15;16-8-7-15(11-3-1-4-12(17)9-11)19-14-6-2-5-13(18)10-14;10-9(4-5-11)7-2-1-3-8(12)6-7;10-6-2-4-8-3-1-5-9(11)7-8;2*10-8-3-1-2-7(6-8)4-5-9(11)12;10-9-5-1-3-8(7-9)4-2-6-11/h1-10,13-14,21H,11-12H2;3-4,6-11,16H,2,5H2,1H3;1-6,9-10,15H,7-8H2;1-3,6,9H,4-5H2;1,3,5,7H,2,4,6H2;1-3,6H,4-5H2,(H,11,12);1-6H,(H,11,12);1,3,5,7,11H,2,4,6H2/b;;;;;;5-4+;. The lowest BCUT2D eigenvalue weighted by molar-refractivity contribution is -0.137. The summed E-state index contributed by atoms with van der Waals surface area (Å²) >= 11 is 20.2. The first-order valence-electron chi connectivity index (χ1n) is 39.4. The first-order valence-corrected chi connectivity index (χ1v) is 42.0. The van der Waals surface area contributed by atoms with Gasteiger partial charge in [0.2, 0.25) is 0 Å². The van der Waals surface area contributed by atoms with Crippen LogP contribution in [0.2, 0.25) is 0 Å². The number of halogens is 15. The molecule has 658 valence electrons. The molecule has 26 heteroatoms. The van der Waals surface area contributed by atoms with E-state index < -0.39 is 35.8 Å². The number of alkyl halides is 4. The number of imide groups is 1. The Labute approximate surface area is 743 Å². The Morgan fingerprint density at radius 1 is 0.384 bits per heavy atom. The minimum Gasteiger partial charge on any atom is -0.486 e. The molecule has 0 aliphatic carbocycles. The minimum atomic E-state index is -1.04. The SMILES string of the molecule is CCCC(Oc1cccc(F)c1)c1cccc(F)c1.Fc1cccc(C(Br)CCCl)c1.Fc1cccc(CCCCl)c1.Fc1cccc(OC(CCCl)c2cccc(F)c2)c1.O=C(O)/C=C/c1cccc(F)c1.O=C(O)CCc1cccc(F)c1.O=C1c2ccccc2C(=O)N1CCC(Oc1cccc(F)c1)c1cccc(F)c1.OCCCc1cccc(F)c1. The fraction of sp³-hybridized carbons (Fsp3) is 0.212.